The molecule has 1 aliphatic heterocycles. The number of aliphatic hydroxyl groups excluding tert-OH is 1. The van der Waals surface area contributed by atoms with Crippen molar-refractivity contribution in [3.63, 3.8) is 0 Å². The second kappa shape index (κ2) is 9.61. The Kier molecular flexibility index (Phi) is 6.93. The molecule has 1 fully saturated rings. The highest BCUT2D eigenvalue weighted by molar-refractivity contribution is 6.46. The van der Waals surface area contributed by atoms with E-state index in [1.807, 2.05) is 44.2 Å². The smallest absolute Gasteiger partial charge is 0.295 e. The van der Waals surface area contributed by atoms with Crippen LogP contribution < -0.4 is 4.74 Å². The van der Waals surface area contributed by atoms with E-state index in [0.29, 0.717) is 24.5 Å². The Labute approximate surface area is 178 Å². The van der Waals surface area contributed by atoms with Crippen LogP contribution in [0.5, 0.6) is 5.75 Å². The van der Waals surface area contributed by atoms with Crippen LogP contribution in [-0.2, 0) is 16.0 Å². The average molecular weight is 408 g/mol. The number of hydrogen-bond acceptors (Lipinski definition) is 4. The number of ether oxygens (including phenoxy) is 1. The molecule has 1 N–H and O–H groups in total. The molecule has 1 unspecified atom stereocenters. The molecule has 158 valence electrons. The zero-order chi connectivity index (χ0) is 21.7. The predicted molar refractivity (Wildman–Crippen MR) is 117 cm³/mol. The summed E-state index contributed by atoms with van der Waals surface area (Å²) in [6.07, 6.45) is 2.49. The first kappa shape index (κ1) is 21.6. The molecule has 2 aromatic rings. The number of rotatable bonds is 8. The van der Waals surface area contributed by atoms with Gasteiger partial charge in [-0.05, 0) is 42.5 Å². The van der Waals surface area contributed by atoms with Crippen LogP contribution in [0.2, 0.25) is 0 Å². The third-order valence-corrected chi connectivity index (χ3v) is 5.29. The molecule has 0 aliphatic carbocycles. The van der Waals surface area contributed by atoms with Crippen LogP contribution in [-0.4, -0.2) is 34.8 Å². The van der Waals surface area contributed by atoms with Gasteiger partial charge in [0.05, 0.1) is 18.2 Å². The summed E-state index contributed by atoms with van der Waals surface area (Å²) in [5, 5.41) is 11.1. The topological polar surface area (TPSA) is 66.8 Å². The largest absolute Gasteiger partial charge is 0.507 e. The maximum absolute atomic E-state index is 12.9. The molecule has 2 aromatic carbocycles. The molecule has 3 rings (SSSR count). The van der Waals surface area contributed by atoms with Gasteiger partial charge in [-0.1, -0.05) is 57.2 Å². The number of carbonyl (C=O) groups excluding carboxylic acids is 2. The Morgan fingerprint density at radius 3 is 2.40 bits per heavy atom. The summed E-state index contributed by atoms with van der Waals surface area (Å²) >= 11 is 0. The molecule has 1 heterocycles. The number of nitrogens with zero attached hydrogens (tertiary/aromatic N) is 1. The van der Waals surface area contributed by atoms with Crippen molar-refractivity contribution in [2.75, 3.05) is 13.2 Å². The number of aryl methyl sites for hydroxylation is 1. The molecular formula is C25H29NO4. The molecule has 30 heavy (non-hydrogen) atoms. The first-order valence-corrected chi connectivity index (χ1v) is 10.6. The highest BCUT2D eigenvalue weighted by Crippen LogP contribution is 2.39. The van der Waals surface area contributed by atoms with Crippen LogP contribution in [0.3, 0.4) is 0 Å². The quantitative estimate of drug-likeness (QED) is 0.385. The van der Waals surface area contributed by atoms with Crippen molar-refractivity contribution in [1.29, 1.82) is 0 Å². The van der Waals surface area contributed by atoms with Crippen LogP contribution >= 0.6 is 0 Å². The Bertz CT molecular complexity index is 946. The molecule has 1 aliphatic rings. The van der Waals surface area contributed by atoms with Gasteiger partial charge in [0, 0.05) is 12.1 Å². The van der Waals surface area contributed by atoms with Crippen molar-refractivity contribution in [2.24, 2.45) is 0 Å². The third-order valence-electron chi connectivity index (χ3n) is 5.29. The lowest BCUT2D eigenvalue weighted by molar-refractivity contribution is -0.139. The van der Waals surface area contributed by atoms with Crippen LogP contribution in [0.15, 0.2) is 54.1 Å². The van der Waals surface area contributed by atoms with E-state index >= 15 is 0 Å². The van der Waals surface area contributed by atoms with Gasteiger partial charge in [-0.3, -0.25) is 9.59 Å². The molecule has 5 heteroatoms. The van der Waals surface area contributed by atoms with Crippen molar-refractivity contribution in [1.82, 2.24) is 4.90 Å². The monoisotopic (exact) mass is 407 g/mol. The van der Waals surface area contributed by atoms with Crippen LogP contribution in [0.4, 0.5) is 0 Å². The molecule has 0 aromatic heterocycles. The van der Waals surface area contributed by atoms with Crippen molar-refractivity contribution in [3.05, 3.63) is 70.8 Å². The molecule has 0 radical (unpaired) electrons. The summed E-state index contributed by atoms with van der Waals surface area (Å²) in [6, 6.07) is 14.3. The van der Waals surface area contributed by atoms with Gasteiger partial charge in [-0.2, -0.15) is 0 Å². The van der Waals surface area contributed by atoms with Gasteiger partial charge in [0.1, 0.15) is 11.5 Å². The van der Waals surface area contributed by atoms with E-state index in [-0.39, 0.29) is 11.3 Å². The summed E-state index contributed by atoms with van der Waals surface area (Å²) in [6.45, 7) is 7.07. The number of aliphatic hydroxyl groups is 1. The Morgan fingerprint density at radius 2 is 1.77 bits per heavy atom. The summed E-state index contributed by atoms with van der Waals surface area (Å²) < 4.78 is 5.66. The standard InChI is InChI=1S/C25H29NO4/c1-4-14-26-22(18-12-10-17(6-3)11-13-18)21(24(28)25(26)29)23(27)19-8-7-9-20(16-19)30-15-5-2/h7-13,16,22,27H,4-6,14-15H2,1-3H3/b23-21-. The second-order valence-corrected chi connectivity index (χ2v) is 7.46. The maximum Gasteiger partial charge on any atom is 0.295 e. The summed E-state index contributed by atoms with van der Waals surface area (Å²) in [4.78, 5) is 27.3. The molecule has 1 amide bonds. The molecule has 0 saturated carbocycles. The number of likely N-dealkylation sites (tertiary alicyclic amines) is 1. The molecule has 5 nitrogen and oxygen atoms in total. The van der Waals surface area contributed by atoms with Gasteiger partial charge < -0.3 is 14.7 Å². The van der Waals surface area contributed by atoms with E-state index < -0.39 is 17.7 Å². The van der Waals surface area contributed by atoms with Crippen LogP contribution in [0, 0.1) is 0 Å². The number of benzene rings is 2. The van der Waals surface area contributed by atoms with E-state index in [4.69, 9.17) is 4.74 Å². The first-order valence-electron chi connectivity index (χ1n) is 10.6. The Morgan fingerprint density at radius 1 is 1.03 bits per heavy atom. The van der Waals surface area contributed by atoms with E-state index in [0.717, 1.165) is 24.8 Å². The van der Waals surface area contributed by atoms with Gasteiger partial charge in [-0.25, -0.2) is 0 Å². The number of Topliss-reactive ketones (excluding diaryl/α,β-unsaturated/α-hetero) is 1. The average Bonchev–Trinajstić information content (AvgIpc) is 3.02. The van der Waals surface area contributed by atoms with Gasteiger partial charge in [0.2, 0.25) is 0 Å². The van der Waals surface area contributed by atoms with E-state index in [9.17, 15) is 14.7 Å². The van der Waals surface area contributed by atoms with Crippen molar-refractivity contribution in [3.8, 4) is 5.75 Å². The van der Waals surface area contributed by atoms with E-state index in [1.165, 1.54) is 5.56 Å². The summed E-state index contributed by atoms with van der Waals surface area (Å²) in [7, 11) is 0. The van der Waals surface area contributed by atoms with Crippen molar-refractivity contribution < 1.29 is 19.4 Å². The number of amides is 1. The second-order valence-electron chi connectivity index (χ2n) is 7.46. The SMILES string of the molecule is CCCOc1cccc(/C(O)=C2/C(=O)C(=O)N(CCC)C2c2ccc(CC)cc2)c1. The fraction of sp³-hybridized carbons (Fsp3) is 0.360. The zero-order valence-corrected chi connectivity index (χ0v) is 17.9. The van der Waals surface area contributed by atoms with Crippen LogP contribution in [0.25, 0.3) is 5.76 Å². The molecule has 1 atom stereocenters. The molecular weight excluding hydrogens is 378 g/mol. The Balaban J connectivity index is 2.10. The fourth-order valence-corrected chi connectivity index (χ4v) is 3.74. The minimum Gasteiger partial charge on any atom is -0.507 e. The fourth-order valence-electron chi connectivity index (χ4n) is 3.74. The highest BCUT2D eigenvalue weighted by atomic mass is 16.5. The van der Waals surface area contributed by atoms with Gasteiger partial charge in [0.15, 0.2) is 0 Å². The molecule has 1 saturated heterocycles. The number of hydrogen-bond donors (Lipinski definition) is 1. The predicted octanol–water partition coefficient (Wildman–Crippen LogP) is 4.87. The highest BCUT2D eigenvalue weighted by Gasteiger charge is 2.45. The van der Waals surface area contributed by atoms with Crippen molar-refractivity contribution >= 4 is 17.4 Å². The normalized spacial score (nSPS) is 18.1. The first-order chi connectivity index (χ1) is 14.5. The summed E-state index contributed by atoms with van der Waals surface area (Å²) in [5.41, 5.74) is 2.59. The number of carbonyl (C=O) groups is 2. The lowest BCUT2D eigenvalue weighted by Crippen LogP contribution is -2.30. The molecule has 0 bridgehead atoms. The maximum atomic E-state index is 12.9. The van der Waals surface area contributed by atoms with Gasteiger partial charge in [-0.15, -0.1) is 0 Å². The summed E-state index contributed by atoms with van der Waals surface area (Å²) in [5.74, 6) is -0.766. The minimum atomic E-state index is -0.648. The Hall–Kier alpha value is -3.08. The van der Waals surface area contributed by atoms with E-state index in [2.05, 4.69) is 6.92 Å². The van der Waals surface area contributed by atoms with E-state index in [1.54, 1.807) is 23.1 Å². The lowest BCUT2D eigenvalue weighted by atomic mass is 9.94. The lowest BCUT2D eigenvalue weighted by Gasteiger charge is -2.25. The number of ketones is 1. The van der Waals surface area contributed by atoms with Crippen molar-refractivity contribution in [2.45, 2.75) is 46.1 Å². The third kappa shape index (κ3) is 4.25. The van der Waals surface area contributed by atoms with Gasteiger partial charge >= 0.3 is 0 Å². The van der Waals surface area contributed by atoms with Crippen LogP contribution in [0.1, 0.15) is 56.3 Å². The zero-order valence-electron chi connectivity index (χ0n) is 17.9. The van der Waals surface area contributed by atoms with Gasteiger partial charge in [0.25, 0.3) is 11.7 Å². The minimum absolute atomic E-state index is 0.130. The molecule has 0 spiro atoms.